The molecule has 7 nitrogen and oxygen atoms in total. The fraction of sp³-hybridized carbons (Fsp3) is 1.00. The minimum Gasteiger partial charge on any atom is -0.324 e. The second kappa shape index (κ2) is 3.78. The second-order valence-electron chi connectivity index (χ2n) is 1.83. The summed E-state index contributed by atoms with van der Waals surface area (Å²) in [5.74, 6) is 0. The molecule has 0 saturated heterocycles. The molecule has 0 aromatic rings. The quantitative estimate of drug-likeness (QED) is 0.286. The van der Waals surface area contributed by atoms with Gasteiger partial charge in [-0.15, -0.1) is 0 Å². The highest BCUT2D eigenvalue weighted by Crippen LogP contribution is 2.45. The van der Waals surface area contributed by atoms with Crippen LogP contribution < -0.4 is 0 Å². The summed E-state index contributed by atoms with van der Waals surface area (Å²) in [6.07, 6.45) is -1.56. The van der Waals surface area contributed by atoms with Crippen LogP contribution in [0.5, 0.6) is 0 Å². The highest BCUT2D eigenvalue weighted by atomic mass is 31.2. The highest BCUT2D eigenvalue weighted by molar-refractivity contribution is 7.56. The number of rotatable bonds is 4. The van der Waals surface area contributed by atoms with E-state index in [0.29, 0.717) is 0 Å². The molecule has 0 radical (unpaired) electrons. The van der Waals surface area contributed by atoms with Gasteiger partial charge >= 0.3 is 15.2 Å². The van der Waals surface area contributed by atoms with Crippen molar-refractivity contribution in [1.29, 1.82) is 0 Å². The molecule has 0 aliphatic heterocycles. The Labute approximate surface area is 62.2 Å². The van der Waals surface area contributed by atoms with Crippen molar-refractivity contribution >= 4 is 15.2 Å². The van der Waals surface area contributed by atoms with E-state index in [0.717, 1.165) is 0 Å². The average molecular weight is 206 g/mol. The lowest BCUT2D eigenvalue weighted by Gasteiger charge is -2.06. The van der Waals surface area contributed by atoms with E-state index in [1.165, 1.54) is 0 Å². The van der Waals surface area contributed by atoms with Crippen LogP contribution in [0.1, 0.15) is 0 Å². The maximum Gasteiger partial charge on any atom is 0.355 e. The van der Waals surface area contributed by atoms with E-state index in [2.05, 4.69) is 4.67 Å². The maximum atomic E-state index is 10.4. The van der Waals surface area contributed by atoms with Gasteiger partial charge in [0.2, 0.25) is 0 Å². The van der Waals surface area contributed by atoms with Crippen LogP contribution in [0, 0.1) is 0 Å². The van der Waals surface area contributed by atoms with Crippen molar-refractivity contribution in [1.82, 2.24) is 0 Å². The summed E-state index contributed by atoms with van der Waals surface area (Å²) >= 11 is 0. The van der Waals surface area contributed by atoms with Gasteiger partial charge in [-0.2, -0.15) is 4.67 Å². The monoisotopic (exact) mass is 206 g/mol. The van der Waals surface area contributed by atoms with Crippen molar-refractivity contribution in [2.75, 3.05) is 12.3 Å². The van der Waals surface area contributed by atoms with Crippen LogP contribution in [-0.4, -0.2) is 32.3 Å². The summed E-state index contributed by atoms with van der Waals surface area (Å²) in [7, 11) is -8.51. The lowest BCUT2D eigenvalue weighted by molar-refractivity contribution is -0.145. The molecule has 4 N–H and O–H groups in total. The molecule has 0 amide bonds. The van der Waals surface area contributed by atoms with Gasteiger partial charge in [0.1, 0.15) is 0 Å². The Morgan fingerprint density at radius 1 is 1.09 bits per heavy atom. The predicted octanol–water partition coefficient (Wildman–Crippen LogP) is -0.161. The van der Waals surface area contributed by atoms with Crippen molar-refractivity contribution in [2.24, 2.45) is 0 Å². The van der Waals surface area contributed by atoms with Crippen LogP contribution in [0.4, 0.5) is 0 Å². The van der Waals surface area contributed by atoms with Crippen molar-refractivity contribution in [3.05, 3.63) is 0 Å². The number of hydrogen-bond acceptors (Lipinski definition) is 4. The van der Waals surface area contributed by atoms with E-state index in [9.17, 15) is 9.13 Å². The Balaban J connectivity index is 3.91. The molecule has 0 heterocycles. The van der Waals surface area contributed by atoms with Gasteiger partial charge < -0.3 is 14.7 Å². The average Bonchev–Trinajstić information content (AvgIpc) is 1.83. The first kappa shape index (κ1) is 11.3. The minimum absolute atomic E-state index is 0.770. The molecular weight excluding hydrogens is 198 g/mol. The van der Waals surface area contributed by atoms with Gasteiger partial charge in [-0.1, -0.05) is 0 Å². The second-order valence-corrected chi connectivity index (χ2v) is 5.49. The molecule has 0 fully saturated rings. The molecule has 0 aliphatic carbocycles. The van der Waals surface area contributed by atoms with E-state index >= 15 is 0 Å². The van der Waals surface area contributed by atoms with Crippen molar-refractivity contribution < 1.29 is 33.7 Å². The molecule has 0 aromatic heterocycles. The fourth-order valence-electron chi connectivity index (χ4n) is 0.297. The van der Waals surface area contributed by atoms with E-state index in [1.54, 1.807) is 0 Å². The van der Waals surface area contributed by atoms with Gasteiger partial charge in [0.05, 0.1) is 12.3 Å². The van der Waals surface area contributed by atoms with Crippen molar-refractivity contribution in [3.63, 3.8) is 0 Å². The van der Waals surface area contributed by atoms with Gasteiger partial charge in [-0.05, 0) is 0 Å². The third-order valence-electron chi connectivity index (χ3n) is 0.801. The van der Waals surface area contributed by atoms with E-state index in [1.807, 2.05) is 0 Å². The Morgan fingerprint density at radius 2 is 1.55 bits per heavy atom. The molecule has 0 aliphatic rings. The van der Waals surface area contributed by atoms with Crippen LogP contribution in [-0.2, 0) is 13.8 Å². The Morgan fingerprint density at radius 3 is 1.82 bits per heavy atom. The molecular formula is C2H8O7P2. The molecule has 68 valence electrons. The zero-order valence-corrected chi connectivity index (χ0v) is 7.11. The van der Waals surface area contributed by atoms with Crippen LogP contribution >= 0.6 is 15.2 Å². The van der Waals surface area contributed by atoms with Crippen molar-refractivity contribution in [3.8, 4) is 0 Å². The SMILES string of the molecule is O=P(O)(O)CCP(=O)(O)OO. The summed E-state index contributed by atoms with van der Waals surface area (Å²) in [6, 6.07) is 0. The Kier molecular flexibility index (Phi) is 3.87. The van der Waals surface area contributed by atoms with Gasteiger partial charge in [0.25, 0.3) is 0 Å². The summed E-state index contributed by atoms with van der Waals surface area (Å²) in [5, 5.41) is 7.72. The van der Waals surface area contributed by atoms with Gasteiger partial charge in [-0.3, -0.25) is 9.13 Å². The summed E-state index contributed by atoms with van der Waals surface area (Å²) < 4.78 is 23.6. The topological polar surface area (TPSA) is 124 Å². The molecule has 1 atom stereocenters. The first-order chi connectivity index (χ1) is 4.77. The summed E-state index contributed by atoms with van der Waals surface area (Å²) in [6.45, 7) is 0. The molecule has 0 aromatic carbocycles. The van der Waals surface area contributed by atoms with Gasteiger partial charge in [0.15, 0.2) is 0 Å². The number of hydrogen-bond donors (Lipinski definition) is 4. The van der Waals surface area contributed by atoms with Crippen molar-refractivity contribution in [2.45, 2.75) is 0 Å². The standard InChI is InChI=1S/C2H8O7P2/c3-9-11(7,8)2-1-10(4,5)6/h3H,1-2H2,(H,7,8)(H2,4,5,6). The van der Waals surface area contributed by atoms with Gasteiger partial charge in [0, 0.05) is 0 Å². The van der Waals surface area contributed by atoms with Crippen LogP contribution in [0.15, 0.2) is 0 Å². The molecule has 1 unspecified atom stereocenters. The first-order valence-corrected chi connectivity index (χ1v) is 6.02. The molecule has 0 rings (SSSR count). The normalized spacial score (nSPS) is 17.8. The van der Waals surface area contributed by atoms with Crippen LogP contribution in [0.25, 0.3) is 0 Å². The Bertz CT molecular complexity index is 204. The van der Waals surface area contributed by atoms with Gasteiger partial charge in [-0.25, -0.2) is 5.26 Å². The fourth-order valence-corrected chi connectivity index (χ4v) is 2.43. The molecule has 0 bridgehead atoms. The largest absolute Gasteiger partial charge is 0.355 e. The molecule has 0 spiro atoms. The zero-order chi connectivity index (χ0) is 9.12. The predicted molar refractivity (Wildman–Crippen MR) is 35.3 cm³/mol. The maximum absolute atomic E-state index is 10.4. The Hall–Kier alpha value is 0.260. The lowest BCUT2D eigenvalue weighted by Crippen LogP contribution is -1.98. The van der Waals surface area contributed by atoms with Crippen LogP contribution in [0.2, 0.25) is 0 Å². The minimum atomic E-state index is -4.30. The third-order valence-corrected chi connectivity index (χ3v) is 3.00. The van der Waals surface area contributed by atoms with E-state index in [-0.39, 0.29) is 0 Å². The molecule has 11 heavy (non-hydrogen) atoms. The van der Waals surface area contributed by atoms with E-state index in [4.69, 9.17) is 19.9 Å². The molecule has 0 saturated carbocycles. The van der Waals surface area contributed by atoms with Crippen LogP contribution in [0.3, 0.4) is 0 Å². The summed E-state index contributed by atoms with van der Waals surface area (Å²) in [5.41, 5.74) is 0. The molecule has 9 heteroatoms. The van der Waals surface area contributed by atoms with E-state index < -0.39 is 27.5 Å². The zero-order valence-electron chi connectivity index (χ0n) is 5.32. The third kappa shape index (κ3) is 6.65. The lowest BCUT2D eigenvalue weighted by atomic mass is 11.0. The summed E-state index contributed by atoms with van der Waals surface area (Å²) in [4.78, 5) is 24.9. The first-order valence-electron chi connectivity index (χ1n) is 2.46. The smallest absolute Gasteiger partial charge is 0.324 e. The highest BCUT2D eigenvalue weighted by Gasteiger charge is 2.24.